The maximum atomic E-state index is 9.04. The first kappa shape index (κ1) is 21.7. The molecule has 2 aromatic heterocycles. The van der Waals surface area contributed by atoms with Gasteiger partial charge in [-0.05, 0) is 41.1 Å². The number of thiocarbonyl (C=S) groups is 1. The molecule has 0 saturated carbocycles. The van der Waals surface area contributed by atoms with Gasteiger partial charge in [-0.2, -0.15) is 10.4 Å². The Bertz CT molecular complexity index is 1220. The zero-order valence-electron chi connectivity index (χ0n) is 17.4. The van der Waals surface area contributed by atoms with Gasteiger partial charge in [-0.1, -0.05) is 78.9 Å². The summed E-state index contributed by atoms with van der Waals surface area (Å²) in [6.07, 6.45) is 6.59. The summed E-state index contributed by atoms with van der Waals surface area (Å²) in [5, 5.41) is 19.1. The van der Waals surface area contributed by atoms with Gasteiger partial charge in [-0.15, -0.1) is 11.3 Å². The Balaban J connectivity index is 1.54. The topological polar surface area (TPSA) is 53.6 Å². The van der Waals surface area contributed by atoms with E-state index in [2.05, 4.69) is 52.9 Å². The van der Waals surface area contributed by atoms with E-state index in [0.717, 1.165) is 22.6 Å². The number of rotatable bonds is 8. The van der Waals surface area contributed by atoms with E-state index in [1.54, 1.807) is 16.0 Å². The summed E-state index contributed by atoms with van der Waals surface area (Å²) in [4.78, 5) is 1.71. The van der Waals surface area contributed by atoms with Gasteiger partial charge in [0, 0.05) is 11.8 Å². The molecule has 1 unspecified atom stereocenters. The molecule has 0 bridgehead atoms. The summed E-state index contributed by atoms with van der Waals surface area (Å²) < 4.78 is 1.66. The van der Waals surface area contributed by atoms with Gasteiger partial charge in [0.15, 0.2) is 0 Å². The molecule has 2 aromatic carbocycles. The van der Waals surface area contributed by atoms with Crippen LogP contribution < -0.4 is 5.32 Å². The fourth-order valence-electron chi connectivity index (χ4n) is 3.49. The van der Waals surface area contributed by atoms with Crippen LogP contribution in [0, 0.1) is 11.3 Å². The first-order valence-corrected chi connectivity index (χ1v) is 11.6. The number of thiophene rings is 1. The lowest BCUT2D eigenvalue weighted by Crippen LogP contribution is -2.27. The Kier molecular flexibility index (Phi) is 7.23. The van der Waals surface area contributed by atoms with Gasteiger partial charge < -0.3 is 5.32 Å². The van der Waals surface area contributed by atoms with Crippen molar-refractivity contribution in [2.75, 3.05) is 0 Å². The molecule has 0 amide bonds. The third-order valence-corrected chi connectivity index (χ3v) is 6.12. The zero-order chi connectivity index (χ0) is 22.2. The fraction of sp³-hybridized carbons (Fsp3) is 0.115. The quantitative estimate of drug-likeness (QED) is 0.260. The number of nitrogens with zero attached hydrogens (tertiary/aromatic N) is 3. The Morgan fingerprint density at radius 2 is 1.84 bits per heavy atom. The third kappa shape index (κ3) is 5.58. The van der Waals surface area contributed by atoms with Crippen molar-refractivity contribution in [3.05, 3.63) is 107 Å². The van der Waals surface area contributed by atoms with Crippen LogP contribution >= 0.6 is 23.6 Å². The summed E-state index contributed by atoms with van der Waals surface area (Å²) >= 11 is 7.30. The Morgan fingerprint density at radius 1 is 1.09 bits per heavy atom. The van der Waals surface area contributed by atoms with Gasteiger partial charge >= 0.3 is 0 Å². The molecule has 0 spiro atoms. The Hall–Kier alpha value is -3.53. The minimum atomic E-state index is 0.0637. The van der Waals surface area contributed by atoms with Crippen molar-refractivity contribution in [1.82, 2.24) is 15.1 Å². The molecular weight excluding hydrogens is 432 g/mol. The molecule has 0 saturated heterocycles. The predicted molar refractivity (Wildman–Crippen MR) is 135 cm³/mol. The SMILES string of the molecule is N#CCn1cc(/C=C/C(=S)NC(Cc2ccccc2)c2ccccc2)c(-c2cccs2)n1. The Labute approximate surface area is 197 Å². The van der Waals surface area contributed by atoms with Crippen LogP contribution in [0.4, 0.5) is 0 Å². The first-order valence-electron chi connectivity index (χ1n) is 10.3. The molecule has 1 atom stereocenters. The lowest BCUT2D eigenvalue weighted by molar-refractivity contribution is 0.650. The highest BCUT2D eigenvalue weighted by Crippen LogP contribution is 2.27. The maximum absolute atomic E-state index is 9.04. The van der Waals surface area contributed by atoms with E-state index in [1.807, 2.05) is 60.1 Å². The van der Waals surface area contributed by atoms with Crippen LogP contribution in [-0.4, -0.2) is 14.8 Å². The van der Waals surface area contributed by atoms with Gasteiger partial charge in [0.2, 0.25) is 0 Å². The number of nitriles is 1. The van der Waals surface area contributed by atoms with Crippen molar-refractivity contribution in [2.45, 2.75) is 19.0 Å². The molecule has 1 N–H and O–H groups in total. The van der Waals surface area contributed by atoms with Crippen LogP contribution in [0.1, 0.15) is 22.7 Å². The van der Waals surface area contributed by atoms with E-state index in [0.29, 0.717) is 4.99 Å². The highest BCUT2D eigenvalue weighted by atomic mass is 32.1. The zero-order valence-corrected chi connectivity index (χ0v) is 19.0. The molecule has 4 rings (SSSR count). The minimum absolute atomic E-state index is 0.0637. The van der Waals surface area contributed by atoms with Crippen LogP contribution in [0.5, 0.6) is 0 Å². The van der Waals surface area contributed by atoms with Crippen LogP contribution in [0.15, 0.2) is 90.4 Å². The second-order valence-corrected chi connectivity index (χ2v) is 8.65. The summed E-state index contributed by atoms with van der Waals surface area (Å²) in [5.41, 5.74) is 4.23. The molecule has 4 aromatic rings. The van der Waals surface area contributed by atoms with Crippen molar-refractivity contribution >= 4 is 34.6 Å². The summed E-state index contributed by atoms with van der Waals surface area (Å²) in [6.45, 7) is 0.210. The van der Waals surface area contributed by atoms with Gasteiger partial charge in [0.25, 0.3) is 0 Å². The van der Waals surface area contributed by atoms with Crippen LogP contribution in [-0.2, 0) is 13.0 Å². The number of nitrogens with one attached hydrogen (secondary N) is 1. The van der Waals surface area contributed by atoms with Crippen LogP contribution in [0.25, 0.3) is 16.6 Å². The minimum Gasteiger partial charge on any atom is -0.369 e. The van der Waals surface area contributed by atoms with Crippen LogP contribution in [0.3, 0.4) is 0 Å². The van der Waals surface area contributed by atoms with Crippen LogP contribution in [0.2, 0.25) is 0 Å². The third-order valence-electron chi connectivity index (χ3n) is 4.99. The normalized spacial score (nSPS) is 11.8. The van der Waals surface area contributed by atoms with E-state index in [1.165, 1.54) is 11.1 Å². The first-order chi connectivity index (χ1) is 15.7. The number of hydrogen-bond donors (Lipinski definition) is 1. The van der Waals surface area contributed by atoms with Crippen molar-refractivity contribution in [3.8, 4) is 16.6 Å². The molecule has 0 fully saturated rings. The highest BCUT2D eigenvalue weighted by molar-refractivity contribution is 7.80. The molecule has 4 nitrogen and oxygen atoms in total. The molecule has 158 valence electrons. The summed E-state index contributed by atoms with van der Waals surface area (Å²) in [5.74, 6) is 0. The monoisotopic (exact) mass is 454 g/mol. The smallest absolute Gasteiger partial charge is 0.128 e. The second-order valence-electron chi connectivity index (χ2n) is 7.26. The van der Waals surface area contributed by atoms with Gasteiger partial charge in [0.1, 0.15) is 12.2 Å². The molecule has 0 aliphatic rings. The molecule has 0 aliphatic heterocycles. The van der Waals surface area contributed by atoms with Gasteiger partial charge in [-0.3, -0.25) is 4.68 Å². The summed E-state index contributed by atoms with van der Waals surface area (Å²) in [6, 6.07) is 27.0. The average Bonchev–Trinajstić information content (AvgIpc) is 3.49. The number of aromatic nitrogens is 2. The molecule has 2 heterocycles. The Morgan fingerprint density at radius 3 is 2.53 bits per heavy atom. The molecular formula is C26H22N4S2. The molecule has 6 heteroatoms. The van der Waals surface area contributed by atoms with E-state index in [-0.39, 0.29) is 12.6 Å². The molecule has 0 radical (unpaired) electrons. The van der Waals surface area contributed by atoms with Crippen molar-refractivity contribution in [3.63, 3.8) is 0 Å². The van der Waals surface area contributed by atoms with E-state index in [4.69, 9.17) is 17.5 Å². The average molecular weight is 455 g/mol. The summed E-state index contributed by atoms with van der Waals surface area (Å²) in [7, 11) is 0. The predicted octanol–water partition coefficient (Wildman–Crippen LogP) is 6.05. The van der Waals surface area contributed by atoms with E-state index >= 15 is 0 Å². The lowest BCUT2D eigenvalue weighted by atomic mass is 9.99. The standard InChI is InChI=1S/C26H22N4S2/c27-15-16-30-19-22(26(29-30)24-12-7-17-32-24)13-14-25(31)28-23(21-10-5-2-6-11-21)18-20-8-3-1-4-9-20/h1-14,17,19,23H,16,18H2,(H,28,31)/b14-13+. The van der Waals surface area contributed by atoms with E-state index in [9.17, 15) is 0 Å². The van der Waals surface area contributed by atoms with Crippen molar-refractivity contribution in [1.29, 1.82) is 5.26 Å². The van der Waals surface area contributed by atoms with Gasteiger partial charge in [0.05, 0.1) is 22.0 Å². The second kappa shape index (κ2) is 10.7. The van der Waals surface area contributed by atoms with Crippen molar-refractivity contribution < 1.29 is 0 Å². The molecule has 32 heavy (non-hydrogen) atoms. The van der Waals surface area contributed by atoms with E-state index < -0.39 is 0 Å². The molecule has 0 aliphatic carbocycles. The highest BCUT2D eigenvalue weighted by Gasteiger charge is 2.14. The van der Waals surface area contributed by atoms with Gasteiger partial charge in [-0.25, -0.2) is 0 Å². The fourth-order valence-corrected chi connectivity index (χ4v) is 4.43. The largest absolute Gasteiger partial charge is 0.369 e. The number of hydrogen-bond acceptors (Lipinski definition) is 4. The lowest BCUT2D eigenvalue weighted by Gasteiger charge is -2.20. The van der Waals surface area contributed by atoms with Crippen molar-refractivity contribution in [2.24, 2.45) is 0 Å². The maximum Gasteiger partial charge on any atom is 0.128 e. The number of benzene rings is 2.